The molecule has 5 aliphatic rings. The third kappa shape index (κ3) is 7.05. The van der Waals surface area contributed by atoms with E-state index in [0.717, 1.165) is 50.7 Å². The summed E-state index contributed by atoms with van der Waals surface area (Å²) in [6.45, 7) is 12.4. The van der Waals surface area contributed by atoms with Crippen molar-refractivity contribution >= 4 is 23.5 Å². The number of oxime groups is 1. The third-order valence-electron chi connectivity index (χ3n) is 13.0. The number of nitrogens with one attached hydrogen (secondary N) is 2. The molecule has 0 radical (unpaired) electrons. The Balaban J connectivity index is 1.17. The Hall–Kier alpha value is -2.90. The van der Waals surface area contributed by atoms with Crippen LogP contribution in [0.15, 0.2) is 16.8 Å². The van der Waals surface area contributed by atoms with Gasteiger partial charge in [0, 0.05) is 18.1 Å². The lowest BCUT2D eigenvalue weighted by molar-refractivity contribution is -0.140. The number of rotatable bonds is 10. The smallest absolute Gasteiger partial charge is 0.305 e. The minimum absolute atomic E-state index is 0.0486. The summed E-state index contributed by atoms with van der Waals surface area (Å²) in [6.07, 6.45) is 16.6. The highest BCUT2D eigenvalue weighted by Crippen LogP contribution is 2.67. The van der Waals surface area contributed by atoms with Crippen LogP contribution in [0.3, 0.4) is 0 Å². The van der Waals surface area contributed by atoms with Gasteiger partial charge in [-0.25, -0.2) is 0 Å². The van der Waals surface area contributed by atoms with Gasteiger partial charge < -0.3 is 30.4 Å². The van der Waals surface area contributed by atoms with Crippen LogP contribution in [0.2, 0.25) is 0 Å². The van der Waals surface area contributed by atoms with E-state index in [9.17, 15) is 24.6 Å². The van der Waals surface area contributed by atoms with Crippen molar-refractivity contribution < 1.29 is 34.2 Å². The van der Waals surface area contributed by atoms with Gasteiger partial charge in [-0.05, 0) is 119 Å². The molecule has 0 unspecified atom stereocenters. The first-order valence-corrected chi connectivity index (χ1v) is 18.1. The Bertz CT molecular complexity index is 1370. The second kappa shape index (κ2) is 13.8. The van der Waals surface area contributed by atoms with E-state index in [1.165, 1.54) is 5.57 Å². The van der Waals surface area contributed by atoms with E-state index in [-0.39, 0.29) is 35.7 Å². The topological polar surface area (TPSA) is 147 Å². The number of terminal acetylenes is 1. The molecule has 1 heterocycles. The molecule has 0 bridgehead atoms. The molecular weight excluding hydrogens is 610 g/mol. The van der Waals surface area contributed by atoms with Crippen molar-refractivity contribution in [2.45, 2.75) is 135 Å². The lowest BCUT2D eigenvalue weighted by atomic mass is 9.46. The fraction of sp³-hybridized carbons (Fsp3) is 0.789. The summed E-state index contributed by atoms with van der Waals surface area (Å²) in [5.41, 5.74) is 0.689. The molecule has 0 aromatic heterocycles. The van der Waals surface area contributed by atoms with Crippen molar-refractivity contribution in [1.82, 2.24) is 10.6 Å². The normalized spacial score (nSPS) is 37.6. The number of amides is 2. The summed E-state index contributed by atoms with van der Waals surface area (Å²) in [7, 11) is 0. The molecule has 0 aromatic carbocycles. The number of nitrogens with zero attached hydrogens (tertiary/aromatic N) is 1. The number of carbonyl (C=O) groups excluding carboxylic acids is 2. The first kappa shape index (κ1) is 36.4. The number of aliphatic carboxylic acids is 1. The number of carboxylic acid groups (broad SMARTS) is 1. The number of hydrogen-bond acceptors (Lipinski definition) is 7. The molecule has 1 saturated heterocycles. The van der Waals surface area contributed by atoms with Crippen LogP contribution < -0.4 is 10.6 Å². The van der Waals surface area contributed by atoms with Gasteiger partial charge in [0.1, 0.15) is 11.6 Å². The van der Waals surface area contributed by atoms with E-state index in [4.69, 9.17) is 16.0 Å². The first-order valence-electron chi connectivity index (χ1n) is 18.1. The van der Waals surface area contributed by atoms with Crippen LogP contribution in [-0.2, 0) is 24.0 Å². The van der Waals surface area contributed by atoms with Crippen LogP contribution in [0.5, 0.6) is 0 Å². The predicted molar refractivity (Wildman–Crippen MR) is 183 cm³/mol. The van der Waals surface area contributed by atoms with Gasteiger partial charge in [0.05, 0.1) is 17.7 Å². The maximum atomic E-state index is 13.4. The molecule has 266 valence electrons. The summed E-state index contributed by atoms with van der Waals surface area (Å²) in [6, 6.07) is -1.42. The van der Waals surface area contributed by atoms with Gasteiger partial charge in [-0.1, -0.05) is 44.3 Å². The van der Waals surface area contributed by atoms with Crippen molar-refractivity contribution in [2.24, 2.45) is 45.6 Å². The predicted octanol–water partition coefficient (Wildman–Crippen LogP) is 4.99. The number of hydrogen-bond donors (Lipinski definition) is 4. The zero-order valence-corrected chi connectivity index (χ0v) is 29.8. The van der Waals surface area contributed by atoms with Crippen LogP contribution in [0.25, 0.3) is 0 Å². The maximum Gasteiger partial charge on any atom is 0.305 e. The first-order chi connectivity index (χ1) is 22.5. The summed E-state index contributed by atoms with van der Waals surface area (Å²) < 4.78 is 5.80. The fourth-order valence-corrected chi connectivity index (χ4v) is 10.2. The fourth-order valence-electron chi connectivity index (χ4n) is 10.2. The Labute approximate surface area is 286 Å². The molecule has 1 aliphatic heterocycles. The monoisotopic (exact) mass is 667 g/mol. The Morgan fingerprint density at radius 1 is 1.06 bits per heavy atom. The van der Waals surface area contributed by atoms with E-state index in [1.54, 1.807) is 0 Å². The lowest BCUT2D eigenvalue weighted by Gasteiger charge is -2.58. The average Bonchev–Trinajstić information content (AvgIpc) is 3.29. The molecule has 9 atom stereocenters. The molecular formula is C38H57N3O7. The van der Waals surface area contributed by atoms with Crippen LogP contribution in [0, 0.1) is 52.8 Å². The summed E-state index contributed by atoms with van der Waals surface area (Å²) >= 11 is 0. The van der Waals surface area contributed by atoms with E-state index in [0.29, 0.717) is 43.6 Å². The van der Waals surface area contributed by atoms with Crippen LogP contribution in [0.4, 0.5) is 0 Å². The largest absolute Gasteiger partial charge is 0.481 e. The van der Waals surface area contributed by atoms with Crippen molar-refractivity contribution in [3.05, 3.63) is 11.6 Å². The van der Waals surface area contributed by atoms with Gasteiger partial charge in [0.2, 0.25) is 5.91 Å². The van der Waals surface area contributed by atoms with Gasteiger partial charge in [-0.15, -0.1) is 6.42 Å². The minimum atomic E-state index is -1.00. The summed E-state index contributed by atoms with van der Waals surface area (Å²) in [5, 5.41) is 30.9. The molecule has 4 N–H and O–H groups in total. The van der Waals surface area contributed by atoms with Crippen LogP contribution in [-0.4, -0.2) is 70.2 Å². The average molecular weight is 668 g/mol. The maximum absolute atomic E-state index is 13.4. The summed E-state index contributed by atoms with van der Waals surface area (Å²) in [4.78, 5) is 43.5. The van der Waals surface area contributed by atoms with Gasteiger partial charge in [-0.2, -0.15) is 0 Å². The van der Waals surface area contributed by atoms with Crippen molar-refractivity contribution in [3.63, 3.8) is 0 Å². The standard InChI is InChI=1S/C38H57N3O7/c1-8-38(46)17-13-29-27-10-9-25-19-26(11-15-36(25,6)28(27)12-16-37(29,38)7)41-48-22-31(42)40-33(23(2)3)34(45)39-30(20-32(43)44)24-14-18-47-35(4,5)21-24/h1,19,23-24,27-30,33,46H,9-18,20-22H2,2-7H3,(H,39,45)(H,40,42)(H,43,44)/t24-,27+,28-,29+,30+,33-,36-,37-,38+/m0/s1. The number of carboxylic acids is 1. The van der Waals surface area contributed by atoms with Crippen molar-refractivity contribution in [2.75, 3.05) is 13.2 Å². The molecule has 2 amide bonds. The molecule has 5 rings (SSSR count). The van der Waals surface area contributed by atoms with Crippen molar-refractivity contribution in [1.29, 1.82) is 0 Å². The van der Waals surface area contributed by atoms with Crippen LogP contribution in [0.1, 0.15) is 112 Å². The zero-order valence-electron chi connectivity index (χ0n) is 29.8. The van der Waals surface area contributed by atoms with Gasteiger partial charge >= 0.3 is 5.97 Å². The quantitative estimate of drug-likeness (QED) is 0.190. The molecule has 10 nitrogen and oxygen atoms in total. The molecule has 0 aromatic rings. The molecule has 3 saturated carbocycles. The van der Waals surface area contributed by atoms with E-state index in [2.05, 4.69) is 41.6 Å². The van der Waals surface area contributed by atoms with E-state index >= 15 is 0 Å². The number of allylic oxidation sites excluding steroid dienone is 2. The minimum Gasteiger partial charge on any atom is -0.481 e. The molecule has 10 heteroatoms. The van der Waals surface area contributed by atoms with Crippen molar-refractivity contribution in [3.8, 4) is 12.3 Å². The number of aliphatic hydroxyl groups is 1. The molecule has 0 spiro atoms. The second-order valence-corrected chi connectivity index (χ2v) is 16.7. The highest BCUT2D eigenvalue weighted by atomic mass is 16.6. The number of carbonyl (C=O) groups is 3. The molecule has 4 aliphatic carbocycles. The number of ether oxygens (including phenoxy) is 1. The Morgan fingerprint density at radius 2 is 1.79 bits per heavy atom. The highest BCUT2D eigenvalue weighted by Gasteiger charge is 2.63. The van der Waals surface area contributed by atoms with Gasteiger partial charge in [0.25, 0.3) is 5.91 Å². The Morgan fingerprint density at radius 3 is 2.46 bits per heavy atom. The SMILES string of the molecule is C#C[C@@]1(O)CC[C@@H]2[C@@H]3CCC4=CC(=NOCC(=O)N[C@H](C(=O)N[C@H](CC(=O)O)[C@H]5CCOC(C)(C)C5)C(C)C)CC[C@]4(C)[C@H]3CC[C@@]21C. The van der Waals surface area contributed by atoms with Gasteiger partial charge in [0.15, 0.2) is 6.61 Å². The highest BCUT2D eigenvalue weighted by molar-refractivity contribution is 5.96. The van der Waals surface area contributed by atoms with E-state index in [1.807, 2.05) is 27.7 Å². The summed E-state index contributed by atoms with van der Waals surface area (Å²) in [5.74, 6) is 2.19. The van der Waals surface area contributed by atoms with Crippen LogP contribution >= 0.6 is 0 Å². The number of fused-ring (bicyclic) bond motifs is 5. The Kier molecular flexibility index (Phi) is 10.4. The molecule has 48 heavy (non-hydrogen) atoms. The lowest BCUT2D eigenvalue weighted by Crippen LogP contribution is -2.55. The van der Waals surface area contributed by atoms with E-state index < -0.39 is 41.1 Å². The third-order valence-corrected chi connectivity index (χ3v) is 13.0. The molecule has 4 fully saturated rings. The zero-order chi connectivity index (χ0) is 35.1. The second-order valence-electron chi connectivity index (χ2n) is 16.7. The van der Waals surface area contributed by atoms with Gasteiger partial charge in [-0.3, -0.25) is 14.4 Å².